The van der Waals surface area contributed by atoms with Gasteiger partial charge in [0.1, 0.15) is 11.8 Å². The smallest absolute Gasteiger partial charge is 0.242 e. The van der Waals surface area contributed by atoms with Crippen LogP contribution in [0.5, 0.6) is 5.75 Å². The highest BCUT2D eigenvalue weighted by molar-refractivity contribution is 5.88. The van der Waals surface area contributed by atoms with E-state index < -0.39 is 6.04 Å². The lowest BCUT2D eigenvalue weighted by molar-refractivity contribution is -0.140. The number of amides is 2. The van der Waals surface area contributed by atoms with Crippen molar-refractivity contribution in [2.75, 3.05) is 7.11 Å². The molecule has 1 atom stereocenters. The average Bonchev–Trinajstić information content (AvgIpc) is 3.26. The maximum absolute atomic E-state index is 13.3. The van der Waals surface area contributed by atoms with Crippen molar-refractivity contribution in [2.45, 2.75) is 64.6 Å². The lowest BCUT2D eigenvalue weighted by Crippen LogP contribution is -2.50. The second kappa shape index (κ2) is 10.3. The number of carbonyl (C=O) groups excluding carboxylic acids is 2. The molecule has 0 saturated heterocycles. The van der Waals surface area contributed by atoms with Crippen molar-refractivity contribution in [2.24, 2.45) is 0 Å². The van der Waals surface area contributed by atoms with Crippen LogP contribution in [-0.2, 0) is 22.6 Å². The monoisotopic (exact) mass is 408 g/mol. The molecule has 2 aromatic rings. The number of hydrogen-bond donors (Lipinski definition) is 1. The Morgan fingerprint density at radius 2 is 1.87 bits per heavy atom. The lowest BCUT2D eigenvalue weighted by Gasteiger charge is -2.30. The molecule has 160 valence electrons. The van der Waals surface area contributed by atoms with E-state index in [0.717, 1.165) is 48.1 Å². The van der Waals surface area contributed by atoms with Crippen LogP contribution in [0.1, 0.15) is 49.3 Å². The van der Waals surface area contributed by atoms with E-state index in [4.69, 9.17) is 4.74 Å². The van der Waals surface area contributed by atoms with E-state index in [1.807, 2.05) is 62.4 Å². The van der Waals surface area contributed by atoms with Gasteiger partial charge in [0.25, 0.3) is 0 Å². The maximum atomic E-state index is 13.3. The summed E-state index contributed by atoms with van der Waals surface area (Å²) in [6.07, 6.45) is 4.62. The average molecular weight is 409 g/mol. The van der Waals surface area contributed by atoms with Crippen LogP contribution in [0.3, 0.4) is 0 Å². The van der Waals surface area contributed by atoms with Gasteiger partial charge in [-0.3, -0.25) is 9.59 Å². The highest BCUT2D eigenvalue weighted by Gasteiger charge is 2.28. The van der Waals surface area contributed by atoms with Crippen LogP contribution >= 0.6 is 0 Å². The Morgan fingerprint density at radius 1 is 1.13 bits per heavy atom. The molecule has 1 aliphatic rings. The normalized spacial score (nSPS) is 14.9. The van der Waals surface area contributed by atoms with Gasteiger partial charge in [-0.2, -0.15) is 0 Å². The number of carbonyl (C=O) groups is 2. The van der Waals surface area contributed by atoms with Crippen LogP contribution < -0.4 is 10.1 Å². The summed E-state index contributed by atoms with van der Waals surface area (Å²) in [6.45, 7) is 4.19. The van der Waals surface area contributed by atoms with Gasteiger partial charge in [0.2, 0.25) is 11.8 Å². The number of aryl methyl sites for hydroxylation is 1. The summed E-state index contributed by atoms with van der Waals surface area (Å²) >= 11 is 0. The Labute approximate surface area is 179 Å². The second-order valence-corrected chi connectivity index (χ2v) is 8.14. The molecule has 5 nitrogen and oxygen atoms in total. The van der Waals surface area contributed by atoms with E-state index in [1.165, 1.54) is 0 Å². The van der Waals surface area contributed by atoms with Crippen molar-refractivity contribution in [1.82, 2.24) is 10.2 Å². The van der Waals surface area contributed by atoms with Crippen LogP contribution in [0.15, 0.2) is 48.5 Å². The summed E-state index contributed by atoms with van der Waals surface area (Å²) in [5, 5.41) is 3.14. The topological polar surface area (TPSA) is 58.6 Å². The van der Waals surface area contributed by atoms with Gasteiger partial charge in [0.15, 0.2) is 0 Å². The summed E-state index contributed by atoms with van der Waals surface area (Å²) < 4.78 is 5.32. The molecule has 0 bridgehead atoms. The van der Waals surface area contributed by atoms with Crippen LogP contribution in [0, 0.1) is 6.92 Å². The van der Waals surface area contributed by atoms with Crippen LogP contribution in [0.4, 0.5) is 0 Å². The zero-order valence-electron chi connectivity index (χ0n) is 18.2. The molecule has 2 amide bonds. The van der Waals surface area contributed by atoms with Crippen molar-refractivity contribution in [3.8, 4) is 5.75 Å². The van der Waals surface area contributed by atoms with Gasteiger partial charge >= 0.3 is 0 Å². The molecule has 3 rings (SSSR count). The fourth-order valence-electron chi connectivity index (χ4n) is 4.01. The summed E-state index contributed by atoms with van der Waals surface area (Å²) in [7, 11) is 1.62. The van der Waals surface area contributed by atoms with Gasteiger partial charge in [-0.1, -0.05) is 49.2 Å². The Morgan fingerprint density at radius 3 is 2.57 bits per heavy atom. The molecule has 0 radical (unpaired) electrons. The SMILES string of the molecule is COc1cccc(CN(C(=O)Cc2ccccc2C)[C@H](C)C(=O)NC2CCCC2)c1. The van der Waals surface area contributed by atoms with E-state index >= 15 is 0 Å². The molecule has 0 spiro atoms. The molecule has 5 heteroatoms. The first-order chi connectivity index (χ1) is 14.5. The molecule has 2 aromatic carbocycles. The standard InChI is InChI=1S/C25H32N2O3/c1-18-9-4-5-11-21(18)16-24(28)27(17-20-10-8-14-23(15-20)30-3)19(2)25(29)26-22-12-6-7-13-22/h4-5,8-11,14-15,19,22H,6-7,12-13,16-17H2,1-3H3,(H,26,29)/t19-/m1/s1. The van der Waals surface area contributed by atoms with E-state index in [9.17, 15) is 9.59 Å². The summed E-state index contributed by atoms with van der Waals surface area (Å²) in [4.78, 5) is 28.0. The predicted octanol–water partition coefficient (Wildman–Crippen LogP) is 4.02. The Hall–Kier alpha value is -2.82. The number of rotatable bonds is 8. The summed E-state index contributed by atoms with van der Waals surface area (Å²) in [5.74, 6) is 0.603. The van der Waals surface area contributed by atoms with E-state index in [-0.39, 0.29) is 24.3 Å². The van der Waals surface area contributed by atoms with E-state index in [2.05, 4.69) is 5.32 Å². The third-order valence-corrected chi connectivity index (χ3v) is 5.96. The number of methoxy groups -OCH3 is 1. The summed E-state index contributed by atoms with van der Waals surface area (Å²) in [6, 6.07) is 15.2. The fourth-order valence-corrected chi connectivity index (χ4v) is 4.01. The van der Waals surface area contributed by atoms with E-state index in [0.29, 0.717) is 6.54 Å². The zero-order valence-corrected chi connectivity index (χ0v) is 18.2. The van der Waals surface area contributed by atoms with Gasteiger partial charge in [0, 0.05) is 12.6 Å². The number of benzene rings is 2. The minimum atomic E-state index is -0.548. The third kappa shape index (κ3) is 5.62. The van der Waals surface area contributed by atoms with E-state index in [1.54, 1.807) is 12.0 Å². The van der Waals surface area contributed by atoms with Gasteiger partial charge in [-0.15, -0.1) is 0 Å². The van der Waals surface area contributed by atoms with Gasteiger partial charge in [-0.05, 0) is 55.5 Å². The molecule has 0 heterocycles. The molecular weight excluding hydrogens is 376 g/mol. The van der Waals surface area contributed by atoms with Gasteiger partial charge in [-0.25, -0.2) is 0 Å². The number of nitrogens with zero attached hydrogens (tertiary/aromatic N) is 1. The first-order valence-electron chi connectivity index (χ1n) is 10.7. The molecule has 1 aliphatic carbocycles. The molecule has 0 aromatic heterocycles. The lowest BCUT2D eigenvalue weighted by atomic mass is 10.0. The molecule has 0 aliphatic heterocycles. The second-order valence-electron chi connectivity index (χ2n) is 8.14. The van der Waals surface area contributed by atoms with Crippen molar-refractivity contribution in [1.29, 1.82) is 0 Å². The quantitative estimate of drug-likeness (QED) is 0.718. The predicted molar refractivity (Wildman–Crippen MR) is 118 cm³/mol. The minimum absolute atomic E-state index is 0.0545. The molecule has 1 saturated carbocycles. The van der Waals surface area contributed by atoms with Crippen LogP contribution in [0.2, 0.25) is 0 Å². The molecule has 30 heavy (non-hydrogen) atoms. The Balaban J connectivity index is 1.79. The van der Waals surface area contributed by atoms with Crippen LogP contribution in [-0.4, -0.2) is 35.9 Å². The van der Waals surface area contributed by atoms with Crippen LogP contribution in [0.25, 0.3) is 0 Å². The Bertz CT molecular complexity index is 874. The van der Waals surface area contributed by atoms with Crippen molar-refractivity contribution < 1.29 is 14.3 Å². The number of nitrogens with one attached hydrogen (secondary N) is 1. The molecule has 1 N–H and O–H groups in total. The zero-order chi connectivity index (χ0) is 21.5. The van der Waals surface area contributed by atoms with Crippen molar-refractivity contribution in [3.05, 3.63) is 65.2 Å². The molecule has 1 fully saturated rings. The highest BCUT2D eigenvalue weighted by atomic mass is 16.5. The maximum Gasteiger partial charge on any atom is 0.242 e. The van der Waals surface area contributed by atoms with Gasteiger partial charge in [0.05, 0.1) is 13.5 Å². The highest BCUT2D eigenvalue weighted by Crippen LogP contribution is 2.20. The first-order valence-corrected chi connectivity index (χ1v) is 10.7. The first kappa shape index (κ1) is 21.9. The largest absolute Gasteiger partial charge is 0.497 e. The minimum Gasteiger partial charge on any atom is -0.497 e. The van der Waals surface area contributed by atoms with Crippen molar-refractivity contribution >= 4 is 11.8 Å². The summed E-state index contributed by atoms with van der Waals surface area (Å²) in [5.41, 5.74) is 3.00. The Kier molecular flexibility index (Phi) is 7.50. The third-order valence-electron chi connectivity index (χ3n) is 5.96. The van der Waals surface area contributed by atoms with Gasteiger partial charge < -0.3 is 15.0 Å². The molecule has 0 unspecified atom stereocenters. The molecular formula is C25H32N2O3. The number of hydrogen-bond acceptors (Lipinski definition) is 3. The van der Waals surface area contributed by atoms with Crippen molar-refractivity contribution in [3.63, 3.8) is 0 Å². The fraction of sp³-hybridized carbons (Fsp3) is 0.440. The number of ether oxygens (including phenoxy) is 1.